The molecule has 2 aromatic carbocycles. The van der Waals surface area contributed by atoms with E-state index >= 15 is 0 Å². The number of amides is 3. The summed E-state index contributed by atoms with van der Waals surface area (Å²) in [5.41, 5.74) is 1.60. The van der Waals surface area contributed by atoms with Crippen molar-refractivity contribution in [2.75, 3.05) is 26.8 Å². The van der Waals surface area contributed by atoms with Gasteiger partial charge in [-0.05, 0) is 55.7 Å². The molecule has 34 heavy (non-hydrogen) atoms. The number of methoxy groups -OCH3 is 1. The van der Waals surface area contributed by atoms with Gasteiger partial charge in [-0.2, -0.15) is 0 Å². The van der Waals surface area contributed by atoms with E-state index in [9.17, 15) is 18.0 Å². The number of fused-ring (bicyclic) bond motifs is 1. The molecule has 0 aliphatic carbocycles. The van der Waals surface area contributed by atoms with E-state index in [1.807, 2.05) is 6.92 Å². The first-order valence-corrected chi connectivity index (χ1v) is 13.2. The van der Waals surface area contributed by atoms with E-state index in [-0.39, 0.29) is 23.3 Å². The zero-order chi connectivity index (χ0) is 24.9. The number of aryl methyl sites for hydroxylation is 1. The van der Waals surface area contributed by atoms with Crippen LogP contribution in [0.1, 0.15) is 47.7 Å². The number of benzene rings is 2. The van der Waals surface area contributed by atoms with E-state index in [2.05, 4.69) is 31.3 Å². The molecule has 0 saturated heterocycles. The van der Waals surface area contributed by atoms with Crippen LogP contribution < -0.4 is 24.8 Å². The van der Waals surface area contributed by atoms with Gasteiger partial charge < -0.3 is 20.1 Å². The minimum Gasteiger partial charge on any atom is -0.496 e. The Morgan fingerprint density at radius 1 is 1.18 bits per heavy atom. The number of halogens is 1. The van der Waals surface area contributed by atoms with Gasteiger partial charge in [0.1, 0.15) is 11.5 Å². The van der Waals surface area contributed by atoms with E-state index in [1.54, 1.807) is 37.3 Å². The number of rotatable bonds is 8. The predicted octanol–water partition coefficient (Wildman–Crippen LogP) is 3.32. The monoisotopic (exact) mass is 553 g/mol. The summed E-state index contributed by atoms with van der Waals surface area (Å²) in [6.45, 7) is 4.55. The van der Waals surface area contributed by atoms with Gasteiger partial charge in [0.2, 0.25) is 0 Å². The summed E-state index contributed by atoms with van der Waals surface area (Å²) in [5.74, 6) is 0.558. The molecule has 2 aromatic rings. The van der Waals surface area contributed by atoms with Crippen LogP contribution >= 0.6 is 15.9 Å². The van der Waals surface area contributed by atoms with Crippen LogP contribution in [0.25, 0.3) is 0 Å². The number of hydrogen-bond acceptors (Lipinski definition) is 6. The maximum absolute atomic E-state index is 12.9. The van der Waals surface area contributed by atoms with Crippen molar-refractivity contribution in [1.82, 2.24) is 15.4 Å². The molecule has 1 aliphatic heterocycles. The molecule has 1 heterocycles. The molecule has 0 saturated carbocycles. The quantitative estimate of drug-likeness (QED) is 0.460. The van der Waals surface area contributed by atoms with E-state index < -0.39 is 16.1 Å². The Balaban J connectivity index is 1.88. The van der Waals surface area contributed by atoms with Crippen molar-refractivity contribution >= 4 is 37.9 Å². The molecule has 1 unspecified atom stereocenters. The number of hydrogen-bond donors (Lipinski definition) is 3. The smallest absolute Gasteiger partial charge is 0.328 e. The highest BCUT2D eigenvalue weighted by molar-refractivity contribution is 9.10. The van der Waals surface area contributed by atoms with E-state index in [1.165, 1.54) is 7.11 Å². The molecule has 3 amide bonds. The SMILES string of the molecule is CCNC(=O)NS(=O)(=O)c1cc2c(cc1CC)OCCC2CNC(=O)c1cc(Br)ccc1OC. The van der Waals surface area contributed by atoms with Gasteiger partial charge in [0.05, 0.1) is 24.2 Å². The second-order valence-corrected chi connectivity index (χ2v) is 10.3. The minimum absolute atomic E-state index is 0.0236. The fourth-order valence-electron chi connectivity index (χ4n) is 3.81. The molecule has 0 bridgehead atoms. The number of sulfonamides is 1. The molecule has 0 spiro atoms. The van der Waals surface area contributed by atoms with Gasteiger partial charge in [-0.15, -0.1) is 0 Å². The normalized spacial score (nSPS) is 15.0. The fourth-order valence-corrected chi connectivity index (χ4v) is 5.43. The first kappa shape index (κ1) is 25.8. The van der Waals surface area contributed by atoms with Crippen molar-refractivity contribution in [1.29, 1.82) is 0 Å². The first-order chi connectivity index (χ1) is 16.2. The number of urea groups is 1. The highest BCUT2D eigenvalue weighted by Gasteiger charge is 2.28. The lowest BCUT2D eigenvalue weighted by Crippen LogP contribution is -2.39. The summed E-state index contributed by atoms with van der Waals surface area (Å²) in [6, 6.07) is 7.63. The lowest BCUT2D eigenvalue weighted by Gasteiger charge is -2.28. The van der Waals surface area contributed by atoms with Crippen LogP contribution in [0.15, 0.2) is 39.7 Å². The largest absolute Gasteiger partial charge is 0.496 e. The van der Waals surface area contributed by atoms with Crippen LogP contribution in [0.4, 0.5) is 4.79 Å². The van der Waals surface area contributed by atoms with Crippen LogP contribution in [-0.2, 0) is 16.4 Å². The van der Waals surface area contributed by atoms with Crippen molar-refractivity contribution in [3.05, 3.63) is 51.5 Å². The van der Waals surface area contributed by atoms with Gasteiger partial charge in [-0.3, -0.25) is 4.79 Å². The van der Waals surface area contributed by atoms with Crippen LogP contribution in [0.3, 0.4) is 0 Å². The molecule has 3 rings (SSSR count). The molecule has 1 atom stereocenters. The molecule has 11 heteroatoms. The third kappa shape index (κ3) is 5.82. The van der Waals surface area contributed by atoms with Crippen LogP contribution in [0.5, 0.6) is 11.5 Å². The Bertz CT molecular complexity index is 1190. The Hall–Kier alpha value is -2.79. The van der Waals surface area contributed by atoms with Gasteiger partial charge in [-0.25, -0.2) is 17.9 Å². The van der Waals surface area contributed by atoms with Crippen molar-refractivity contribution in [3.63, 3.8) is 0 Å². The molecule has 1 aliphatic rings. The Morgan fingerprint density at radius 3 is 2.62 bits per heavy atom. The maximum Gasteiger partial charge on any atom is 0.328 e. The first-order valence-electron chi connectivity index (χ1n) is 10.9. The Labute approximate surface area is 207 Å². The molecular weight excluding hydrogens is 526 g/mol. The van der Waals surface area contributed by atoms with E-state index in [0.29, 0.717) is 54.2 Å². The molecule has 0 fully saturated rings. The number of ether oxygens (including phenoxy) is 2. The van der Waals surface area contributed by atoms with Crippen molar-refractivity contribution in [2.24, 2.45) is 0 Å². The van der Waals surface area contributed by atoms with Crippen molar-refractivity contribution in [3.8, 4) is 11.5 Å². The van der Waals surface area contributed by atoms with Crippen LogP contribution in [-0.4, -0.2) is 47.2 Å². The second kappa shape index (κ2) is 11.1. The average molecular weight is 554 g/mol. The van der Waals surface area contributed by atoms with Gasteiger partial charge in [0.25, 0.3) is 15.9 Å². The topological polar surface area (TPSA) is 123 Å². The van der Waals surface area contributed by atoms with Gasteiger partial charge in [-0.1, -0.05) is 22.9 Å². The van der Waals surface area contributed by atoms with Crippen LogP contribution in [0.2, 0.25) is 0 Å². The Kier molecular flexibility index (Phi) is 8.42. The zero-order valence-electron chi connectivity index (χ0n) is 19.2. The average Bonchev–Trinajstić information content (AvgIpc) is 2.81. The lowest BCUT2D eigenvalue weighted by atomic mass is 9.91. The summed E-state index contributed by atoms with van der Waals surface area (Å²) < 4.78 is 39.8. The third-order valence-electron chi connectivity index (χ3n) is 5.51. The van der Waals surface area contributed by atoms with Gasteiger partial charge in [0.15, 0.2) is 0 Å². The third-order valence-corrected chi connectivity index (χ3v) is 7.41. The Morgan fingerprint density at radius 2 is 1.94 bits per heavy atom. The highest BCUT2D eigenvalue weighted by atomic mass is 79.9. The summed E-state index contributed by atoms with van der Waals surface area (Å²) in [7, 11) is -2.60. The molecule has 0 radical (unpaired) electrons. The zero-order valence-corrected chi connectivity index (χ0v) is 21.6. The predicted molar refractivity (Wildman–Crippen MR) is 131 cm³/mol. The number of nitrogens with one attached hydrogen (secondary N) is 3. The van der Waals surface area contributed by atoms with E-state index in [4.69, 9.17) is 9.47 Å². The summed E-state index contributed by atoms with van der Waals surface area (Å²) >= 11 is 3.37. The summed E-state index contributed by atoms with van der Waals surface area (Å²) in [4.78, 5) is 24.8. The summed E-state index contributed by atoms with van der Waals surface area (Å²) in [5, 5.41) is 5.35. The number of carbonyl (C=O) groups excluding carboxylic acids is 2. The molecular formula is C23H28BrN3O6S. The van der Waals surface area contributed by atoms with E-state index in [0.717, 1.165) is 4.47 Å². The standard InChI is InChI=1S/C23H28BrN3O6S/c1-4-14-10-20-17(12-21(14)34(30,31)27-23(29)25-5-2)15(8-9-33-20)13-26-22(28)18-11-16(24)6-7-19(18)32-3/h6-7,10-12,15H,4-5,8-9,13H2,1-3H3,(H,26,28)(H2,25,27,29). The number of carbonyl (C=O) groups is 2. The molecule has 9 nitrogen and oxygen atoms in total. The highest BCUT2D eigenvalue weighted by Crippen LogP contribution is 2.37. The lowest BCUT2D eigenvalue weighted by molar-refractivity contribution is 0.0945. The fraction of sp³-hybridized carbons (Fsp3) is 0.391. The molecule has 184 valence electrons. The van der Waals surface area contributed by atoms with Gasteiger partial charge in [0, 0.05) is 29.0 Å². The maximum atomic E-state index is 12.9. The minimum atomic E-state index is -4.10. The summed E-state index contributed by atoms with van der Waals surface area (Å²) in [6.07, 6.45) is 1.03. The molecule has 0 aromatic heterocycles. The van der Waals surface area contributed by atoms with Gasteiger partial charge >= 0.3 is 6.03 Å². The van der Waals surface area contributed by atoms with Crippen molar-refractivity contribution in [2.45, 2.75) is 37.5 Å². The second-order valence-electron chi connectivity index (χ2n) is 7.70. The van der Waals surface area contributed by atoms with Crippen molar-refractivity contribution < 1.29 is 27.5 Å². The molecule has 3 N–H and O–H groups in total. The van der Waals surface area contributed by atoms with Crippen LogP contribution in [0, 0.1) is 0 Å².